The van der Waals surface area contributed by atoms with Crippen LogP contribution in [-0.4, -0.2) is 16.3 Å². The fourth-order valence-electron chi connectivity index (χ4n) is 1.62. The second-order valence-corrected chi connectivity index (χ2v) is 3.60. The van der Waals surface area contributed by atoms with Crippen molar-refractivity contribution in [2.75, 3.05) is 0 Å². The number of aliphatic hydroxyl groups excluding tert-OH is 2. The molecule has 0 saturated heterocycles. The maximum Gasteiger partial charge on any atom is 0.120 e. The molecule has 12 heavy (non-hydrogen) atoms. The van der Waals surface area contributed by atoms with Crippen LogP contribution in [0.2, 0.25) is 0 Å². The minimum absolute atomic E-state index is 0.0358. The molecule has 0 radical (unpaired) electrons. The second kappa shape index (κ2) is 3.31. The Bertz CT molecular complexity index is 228. The molecule has 0 aliphatic heterocycles. The number of allylic oxidation sites excluding steroid dienone is 1. The van der Waals surface area contributed by atoms with Gasteiger partial charge in [0.25, 0.3) is 0 Å². The van der Waals surface area contributed by atoms with Gasteiger partial charge in [-0.2, -0.15) is 0 Å². The number of hydrogen-bond donors (Lipinski definition) is 2. The highest BCUT2D eigenvalue weighted by Gasteiger charge is 2.28. The lowest BCUT2D eigenvalue weighted by atomic mass is 9.82. The first-order valence-electron chi connectivity index (χ1n) is 4.26. The zero-order valence-electron chi connectivity index (χ0n) is 7.67. The third-order valence-electron chi connectivity index (χ3n) is 2.56. The van der Waals surface area contributed by atoms with Crippen molar-refractivity contribution in [1.82, 2.24) is 0 Å². The van der Waals surface area contributed by atoms with Crippen molar-refractivity contribution in [1.29, 1.82) is 0 Å². The molecule has 0 spiro atoms. The number of hydrogen-bond acceptors (Lipinski definition) is 2. The van der Waals surface area contributed by atoms with E-state index in [4.69, 9.17) is 0 Å². The van der Waals surface area contributed by atoms with Crippen LogP contribution in [0.15, 0.2) is 23.5 Å². The molecule has 0 aromatic rings. The van der Waals surface area contributed by atoms with Crippen molar-refractivity contribution >= 4 is 0 Å². The minimum Gasteiger partial charge on any atom is -0.510 e. The zero-order valence-corrected chi connectivity index (χ0v) is 7.67. The van der Waals surface area contributed by atoms with Gasteiger partial charge in [-0.1, -0.05) is 12.2 Å². The SMILES string of the molecule is C=C(C)C1CCC(C)=C(O)C1O. The Morgan fingerprint density at radius 1 is 1.58 bits per heavy atom. The van der Waals surface area contributed by atoms with E-state index in [-0.39, 0.29) is 11.7 Å². The summed E-state index contributed by atoms with van der Waals surface area (Å²) in [6.07, 6.45) is 1.03. The molecular formula is C10H16O2. The van der Waals surface area contributed by atoms with E-state index in [1.54, 1.807) is 0 Å². The molecule has 68 valence electrons. The van der Waals surface area contributed by atoms with Gasteiger partial charge < -0.3 is 10.2 Å². The minimum atomic E-state index is -0.726. The highest BCUT2D eigenvalue weighted by atomic mass is 16.3. The van der Waals surface area contributed by atoms with Crippen LogP contribution in [0.1, 0.15) is 26.7 Å². The topological polar surface area (TPSA) is 40.5 Å². The summed E-state index contributed by atoms with van der Waals surface area (Å²) in [6.45, 7) is 7.54. The van der Waals surface area contributed by atoms with Gasteiger partial charge in [-0.3, -0.25) is 0 Å². The summed E-state index contributed by atoms with van der Waals surface area (Å²) in [5.74, 6) is 0.183. The van der Waals surface area contributed by atoms with E-state index in [1.165, 1.54) is 0 Å². The van der Waals surface area contributed by atoms with Gasteiger partial charge in [0, 0.05) is 5.92 Å². The smallest absolute Gasteiger partial charge is 0.120 e. The van der Waals surface area contributed by atoms with Crippen LogP contribution in [0.25, 0.3) is 0 Å². The molecule has 1 rings (SSSR count). The third-order valence-corrected chi connectivity index (χ3v) is 2.56. The largest absolute Gasteiger partial charge is 0.510 e. The Labute approximate surface area is 73.2 Å². The predicted molar refractivity (Wildman–Crippen MR) is 48.9 cm³/mol. The van der Waals surface area contributed by atoms with Crippen molar-refractivity contribution in [3.63, 3.8) is 0 Å². The Morgan fingerprint density at radius 2 is 2.17 bits per heavy atom. The Kier molecular flexibility index (Phi) is 2.58. The average Bonchev–Trinajstić information content (AvgIpc) is 2.00. The lowest BCUT2D eigenvalue weighted by molar-refractivity contribution is 0.0949. The molecule has 2 atom stereocenters. The van der Waals surface area contributed by atoms with Gasteiger partial charge in [-0.25, -0.2) is 0 Å². The molecule has 0 bridgehead atoms. The van der Waals surface area contributed by atoms with E-state index in [0.29, 0.717) is 0 Å². The summed E-state index contributed by atoms with van der Waals surface area (Å²) in [4.78, 5) is 0. The summed E-state index contributed by atoms with van der Waals surface area (Å²) in [7, 11) is 0. The highest BCUT2D eigenvalue weighted by Crippen LogP contribution is 2.31. The first kappa shape index (κ1) is 9.33. The number of aliphatic hydroxyl groups is 2. The summed E-state index contributed by atoms with van der Waals surface area (Å²) in [5, 5.41) is 19.1. The van der Waals surface area contributed by atoms with Gasteiger partial charge in [0.1, 0.15) is 11.9 Å². The van der Waals surface area contributed by atoms with Crippen molar-refractivity contribution in [2.45, 2.75) is 32.8 Å². The molecule has 0 amide bonds. The fourth-order valence-corrected chi connectivity index (χ4v) is 1.62. The summed E-state index contributed by atoms with van der Waals surface area (Å²) < 4.78 is 0. The van der Waals surface area contributed by atoms with E-state index in [9.17, 15) is 10.2 Å². The van der Waals surface area contributed by atoms with E-state index >= 15 is 0 Å². The van der Waals surface area contributed by atoms with Gasteiger partial charge in [0.05, 0.1) is 0 Å². The lowest BCUT2D eigenvalue weighted by Crippen LogP contribution is -2.27. The van der Waals surface area contributed by atoms with Crippen LogP contribution in [0, 0.1) is 5.92 Å². The van der Waals surface area contributed by atoms with Crippen LogP contribution < -0.4 is 0 Å². The number of rotatable bonds is 1. The molecule has 2 heteroatoms. The van der Waals surface area contributed by atoms with Gasteiger partial charge in [0.2, 0.25) is 0 Å². The standard InChI is InChI=1S/C10H16O2/c1-6(2)8-5-4-7(3)9(11)10(8)12/h8,10-12H,1,4-5H2,2-3H3. The summed E-state index contributed by atoms with van der Waals surface area (Å²) >= 11 is 0. The molecule has 2 nitrogen and oxygen atoms in total. The van der Waals surface area contributed by atoms with E-state index in [2.05, 4.69) is 6.58 Å². The lowest BCUT2D eigenvalue weighted by Gasteiger charge is -2.28. The first-order chi connectivity index (χ1) is 5.54. The molecule has 0 saturated carbocycles. The molecule has 1 aliphatic carbocycles. The van der Waals surface area contributed by atoms with Crippen molar-refractivity contribution < 1.29 is 10.2 Å². The molecular weight excluding hydrogens is 152 g/mol. The highest BCUT2D eigenvalue weighted by molar-refractivity contribution is 5.19. The monoisotopic (exact) mass is 168 g/mol. The first-order valence-corrected chi connectivity index (χ1v) is 4.26. The van der Waals surface area contributed by atoms with Crippen molar-refractivity contribution in [2.24, 2.45) is 5.92 Å². The zero-order chi connectivity index (χ0) is 9.30. The Morgan fingerprint density at radius 3 is 2.67 bits per heavy atom. The molecule has 1 aliphatic rings. The quantitative estimate of drug-likeness (QED) is 0.589. The predicted octanol–water partition coefficient (Wildman–Crippen LogP) is 2.17. The van der Waals surface area contributed by atoms with Gasteiger partial charge in [-0.15, -0.1) is 0 Å². The molecule has 0 aromatic heterocycles. The molecule has 0 aromatic carbocycles. The van der Waals surface area contributed by atoms with Gasteiger partial charge in [-0.05, 0) is 32.3 Å². The van der Waals surface area contributed by atoms with Crippen LogP contribution >= 0.6 is 0 Å². The van der Waals surface area contributed by atoms with Crippen LogP contribution in [0.3, 0.4) is 0 Å². The van der Waals surface area contributed by atoms with Crippen LogP contribution in [0.5, 0.6) is 0 Å². The van der Waals surface area contributed by atoms with Gasteiger partial charge >= 0.3 is 0 Å². The van der Waals surface area contributed by atoms with Crippen LogP contribution in [0.4, 0.5) is 0 Å². The molecule has 0 heterocycles. The molecule has 2 unspecified atom stereocenters. The van der Waals surface area contributed by atoms with E-state index in [0.717, 1.165) is 24.0 Å². The Balaban J connectivity index is 2.83. The molecule has 2 N–H and O–H groups in total. The Hall–Kier alpha value is -0.760. The summed E-state index contributed by atoms with van der Waals surface area (Å²) in [6, 6.07) is 0. The summed E-state index contributed by atoms with van der Waals surface area (Å²) in [5.41, 5.74) is 1.85. The van der Waals surface area contributed by atoms with Crippen LogP contribution in [-0.2, 0) is 0 Å². The maximum atomic E-state index is 9.61. The second-order valence-electron chi connectivity index (χ2n) is 3.60. The van der Waals surface area contributed by atoms with Crippen molar-refractivity contribution in [3.05, 3.63) is 23.5 Å². The average molecular weight is 168 g/mol. The molecule has 0 fully saturated rings. The normalized spacial score (nSPS) is 30.6. The fraction of sp³-hybridized carbons (Fsp3) is 0.600. The van der Waals surface area contributed by atoms with Gasteiger partial charge in [0.15, 0.2) is 0 Å². The van der Waals surface area contributed by atoms with E-state index in [1.807, 2.05) is 13.8 Å². The van der Waals surface area contributed by atoms with Crippen molar-refractivity contribution in [3.8, 4) is 0 Å². The van der Waals surface area contributed by atoms with E-state index < -0.39 is 6.10 Å². The third kappa shape index (κ3) is 1.53. The maximum absolute atomic E-state index is 9.61.